The Morgan fingerprint density at radius 1 is 0.818 bits per heavy atom. The molecule has 44 heavy (non-hydrogen) atoms. The number of benzene rings is 4. The van der Waals surface area contributed by atoms with E-state index in [0.29, 0.717) is 33.1 Å². The third-order valence-electron chi connectivity index (χ3n) is 6.15. The fourth-order valence-corrected chi connectivity index (χ4v) is 4.97. The van der Waals surface area contributed by atoms with Crippen LogP contribution in [0, 0.1) is 0 Å². The number of anilines is 2. The van der Waals surface area contributed by atoms with Crippen LogP contribution in [-0.2, 0) is 14.3 Å². The SMILES string of the molecule is CCOC(=O)c1ccc(NC(=O)C(C)Sc2cccc(NC(=O)/C(=C/c3ccc(Cl)cc3)NC(=O)c3ccccc3)c2)cc1. The number of hydrogen-bond acceptors (Lipinski definition) is 6. The second kappa shape index (κ2) is 15.6. The summed E-state index contributed by atoms with van der Waals surface area (Å²) in [5.74, 6) is -1.61. The van der Waals surface area contributed by atoms with Gasteiger partial charge in [-0.3, -0.25) is 14.4 Å². The van der Waals surface area contributed by atoms with Crippen molar-refractivity contribution in [2.75, 3.05) is 17.2 Å². The van der Waals surface area contributed by atoms with Crippen LogP contribution in [0.5, 0.6) is 0 Å². The van der Waals surface area contributed by atoms with Gasteiger partial charge in [0.2, 0.25) is 5.91 Å². The fraction of sp³-hybridized carbons (Fsp3) is 0.118. The topological polar surface area (TPSA) is 114 Å². The Morgan fingerprint density at radius 2 is 1.52 bits per heavy atom. The summed E-state index contributed by atoms with van der Waals surface area (Å²) in [6.45, 7) is 3.78. The zero-order valence-corrected chi connectivity index (χ0v) is 25.6. The highest BCUT2D eigenvalue weighted by Gasteiger charge is 2.18. The van der Waals surface area contributed by atoms with Crippen molar-refractivity contribution in [3.05, 3.63) is 131 Å². The van der Waals surface area contributed by atoms with E-state index in [-0.39, 0.29) is 18.2 Å². The minimum absolute atomic E-state index is 0.0425. The molecule has 3 N–H and O–H groups in total. The van der Waals surface area contributed by atoms with E-state index in [2.05, 4.69) is 16.0 Å². The number of hydrogen-bond donors (Lipinski definition) is 3. The van der Waals surface area contributed by atoms with Crippen molar-refractivity contribution >= 4 is 64.5 Å². The summed E-state index contributed by atoms with van der Waals surface area (Å²) < 4.78 is 4.98. The number of halogens is 1. The van der Waals surface area contributed by atoms with E-state index in [4.69, 9.17) is 16.3 Å². The van der Waals surface area contributed by atoms with Crippen LogP contribution in [0.25, 0.3) is 6.08 Å². The minimum Gasteiger partial charge on any atom is -0.462 e. The Bertz CT molecular complexity index is 1660. The first-order chi connectivity index (χ1) is 21.2. The summed E-state index contributed by atoms with van der Waals surface area (Å²) in [6, 6.07) is 29.0. The molecule has 0 saturated carbocycles. The highest BCUT2D eigenvalue weighted by atomic mass is 35.5. The molecule has 3 amide bonds. The molecule has 0 fully saturated rings. The van der Waals surface area contributed by atoms with Gasteiger partial charge in [-0.25, -0.2) is 4.79 Å². The number of rotatable bonds is 11. The van der Waals surface area contributed by atoms with Crippen molar-refractivity contribution in [1.29, 1.82) is 0 Å². The normalized spacial score (nSPS) is 11.7. The molecule has 8 nitrogen and oxygen atoms in total. The van der Waals surface area contributed by atoms with Gasteiger partial charge >= 0.3 is 5.97 Å². The molecule has 0 aromatic heterocycles. The van der Waals surface area contributed by atoms with E-state index < -0.39 is 23.0 Å². The molecule has 10 heteroatoms. The van der Waals surface area contributed by atoms with Crippen molar-refractivity contribution < 1.29 is 23.9 Å². The molecular formula is C34H30ClN3O5S. The predicted molar refractivity (Wildman–Crippen MR) is 175 cm³/mol. The lowest BCUT2D eigenvalue weighted by Crippen LogP contribution is -2.30. The average Bonchev–Trinajstić information content (AvgIpc) is 3.02. The second-order valence-corrected chi connectivity index (χ2v) is 11.3. The Balaban J connectivity index is 1.43. The van der Waals surface area contributed by atoms with E-state index in [0.717, 1.165) is 4.90 Å². The third kappa shape index (κ3) is 9.32. The maximum absolute atomic E-state index is 13.4. The van der Waals surface area contributed by atoms with Crippen molar-refractivity contribution in [1.82, 2.24) is 5.32 Å². The number of carbonyl (C=O) groups is 4. The molecule has 0 radical (unpaired) electrons. The molecule has 4 aromatic rings. The smallest absolute Gasteiger partial charge is 0.338 e. The van der Waals surface area contributed by atoms with Gasteiger partial charge in [0.25, 0.3) is 11.8 Å². The maximum Gasteiger partial charge on any atom is 0.338 e. The van der Waals surface area contributed by atoms with Gasteiger partial charge in [0.15, 0.2) is 0 Å². The van der Waals surface area contributed by atoms with Crippen LogP contribution in [0.1, 0.15) is 40.1 Å². The molecular weight excluding hydrogens is 598 g/mol. The molecule has 0 aliphatic heterocycles. The Labute approximate surface area is 264 Å². The highest BCUT2D eigenvalue weighted by molar-refractivity contribution is 8.00. The van der Waals surface area contributed by atoms with Crippen molar-refractivity contribution in [2.45, 2.75) is 24.0 Å². The summed E-state index contributed by atoms with van der Waals surface area (Å²) >= 11 is 7.32. The van der Waals surface area contributed by atoms with E-state index in [9.17, 15) is 19.2 Å². The molecule has 1 unspecified atom stereocenters. The molecule has 0 bridgehead atoms. The molecule has 0 spiro atoms. The molecule has 4 aromatic carbocycles. The number of carbonyl (C=O) groups excluding carboxylic acids is 4. The van der Waals surface area contributed by atoms with Crippen LogP contribution in [0.3, 0.4) is 0 Å². The van der Waals surface area contributed by atoms with E-state index in [1.807, 2.05) is 6.07 Å². The van der Waals surface area contributed by atoms with Crippen LogP contribution >= 0.6 is 23.4 Å². The highest BCUT2D eigenvalue weighted by Crippen LogP contribution is 2.27. The fourth-order valence-electron chi connectivity index (χ4n) is 3.92. The van der Waals surface area contributed by atoms with Crippen molar-refractivity contribution in [3.8, 4) is 0 Å². The molecule has 0 aliphatic carbocycles. The number of ether oxygens (including phenoxy) is 1. The largest absolute Gasteiger partial charge is 0.462 e. The minimum atomic E-state index is -0.525. The van der Waals surface area contributed by atoms with E-state index >= 15 is 0 Å². The summed E-state index contributed by atoms with van der Waals surface area (Å²) in [4.78, 5) is 51.7. The Kier molecular flexibility index (Phi) is 11.3. The van der Waals surface area contributed by atoms with Gasteiger partial charge < -0.3 is 20.7 Å². The van der Waals surface area contributed by atoms with Crippen LogP contribution in [0.15, 0.2) is 114 Å². The Hall–Kier alpha value is -4.86. The van der Waals surface area contributed by atoms with Crippen molar-refractivity contribution in [3.63, 3.8) is 0 Å². The lowest BCUT2D eigenvalue weighted by molar-refractivity contribution is -0.115. The first-order valence-electron chi connectivity index (χ1n) is 13.7. The van der Waals surface area contributed by atoms with Gasteiger partial charge in [-0.2, -0.15) is 0 Å². The van der Waals surface area contributed by atoms with Gasteiger partial charge in [0.05, 0.1) is 17.4 Å². The zero-order valence-electron chi connectivity index (χ0n) is 24.0. The first-order valence-corrected chi connectivity index (χ1v) is 15.0. The maximum atomic E-state index is 13.4. The molecule has 224 valence electrons. The number of nitrogens with one attached hydrogen (secondary N) is 3. The summed E-state index contributed by atoms with van der Waals surface area (Å²) in [6.07, 6.45) is 1.57. The van der Waals surface area contributed by atoms with Crippen LogP contribution in [-0.4, -0.2) is 35.5 Å². The van der Waals surface area contributed by atoms with Gasteiger partial charge in [-0.1, -0.05) is 48.0 Å². The van der Waals surface area contributed by atoms with Crippen LogP contribution in [0.2, 0.25) is 5.02 Å². The van der Waals surface area contributed by atoms with Gasteiger partial charge in [0.1, 0.15) is 5.70 Å². The van der Waals surface area contributed by atoms with Crippen LogP contribution < -0.4 is 16.0 Å². The van der Waals surface area contributed by atoms with Crippen LogP contribution in [0.4, 0.5) is 11.4 Å². The number of esters is 1. The zero-order chi connectivity index (χ0) is 31.5. The summed E-state index contributed by atoms with van der Waals surface area (Å²) in [5.41, 5.74) is 2.56. The molecule has 0 heterocycles. The van der Waals surface area contributed by atoms with Gasteiger partial charge in [0, 0.05) is 26.9 Å². The third-order valence-corrected chi connectivity index (χ3v) is 7.49. The quantitative estimate of drug-likeness (QED) is 0.0933. The predicted octanol–water partition coefficient (Wildman–Crippen LogP) is 7.05. The molecule has 0 aliphatic rings. The monoisotopic (exact) mass is 627 g/mol. The number of amides is 3. The second-order valence-electron chi connectivity index (χ2n) is 9.46. The van der Waals surface area contributed by atoms with Gasteiger partial charge in [-0.05, 0) is 92.2 Å². The Morgan fingerprint density at radius 3 is 2.20 bits per heavy atom. The summed E-state index contributed by atoms with van der Waals surface area (Å²) in [7, 11) is 0. The summed E-state index contributed by atoms with van der Waals surface area (Å²) in [5, 5.41) is 8.46. The number of thioether (sulfide) groups is 1. The molecule has 4 rings (SSSR count). The standard InChI is InChI=1S/C34H30ClN3O5S/c1-3-43-34(42)25-14-18-27(19-15-25)36-31(39)22(2)44-29-11-7-10-28(21-29)37-33(41)30(20-23-12-16-26(35)17-13-23)38-32(40)24-8-5-4-6-9-24/h4-22H,3H2,1-2H3,(H,36,39)(H,37,41)(H,38,40)/b30-20-. The van der Waals surface area contributed by atoms with E-state index in [1.54, 1.807) is 117 Å². The van der Waals surface area contributed by atoms with Gasteiger partial charge in [-0.15, -0.1) is 11.8 Å². The lowest BCUT2D eigenvalue weighted by Gasteiger charge is -2.14. The van der Waals surface area contributed by atoms with E-state index in [1.165, 1.54) is 11.8 Å². The van der Waals surface area contributed by atoms with Crippen molar-refractivity contribution in [2.24, 2.45) is 0 Å². The lowest BCUT2D eigenvalue weighted by atomic mass is 10.1. The molecule has 0 saturated heterocycles. The average molecular weight is 628 g/mol. The first kappa shape index (κ1) is 32.1. The molecule has 1 atom stereocenters.